The van der Waals surface area contributed by atoms with E-state index in [-0.39, 0.29) is 11.2 Å². The van der Waals surface area contributed by atoms with Crippen molar-refractivity contribution >= 4 is 30.0 Å². The standard InChI is InChI=1S/C10H13N3OS/c1-6-2-3-12-10(9(6)11)13-5-7(15)4-8(13)14/h2-3,7,15H,4-5,11H2,1H3. The van der Waals surface area contributed by atoms with Gasteiger partial charge < -0.3 is 5.73 Å². The van der Waals surface area contributed by atoms with Gasteiger partial charge >= 0.3 is 0 Å². The Bertz CT molecular complexity index is 408. The van der Waals surface area contributed by atoms with Crippen LogP contribution in [0.2, 0.25) is 0 Å². The van der Waals surface area contributed by atoms with Crippen LogP contribution in [0.5, 0.6) is 0 Å². The van der Waals surface area contributed by atoms with Gasteiger partial charge in [0.1, 0.15) is 0 Å². The van der Waals surface area contributed by atoms with Crippen molar-refractivity contribution in [3.63, 3.8) is 0 Å². The van der Waals surface area contributed by atoms with Gasteiger partial charge in [-0.3, -0.25) is 9.69 Å². The summed E-state index contributed by atoms with van der Waals surface area (Å²) in [6, 6.07) is 1.83. The van der Waals surface area contributed by atoms with Crippen LogP contribution in [-0.4, -0.2) is 22.7 Å². The molecule has 1 unspecified atom stereocenters. The van der Waals surface area contributed by atoms with Crippen molar-refractivity contribution < 1.29 is 4.79 Å². The van der Waals surface area contributed by atoms with Crippen LogP contribution in [0.1, 0.15) is 12.0 Å². The smallest absolute Gasteiger partial charge is 0.229 e. The fraction of sp³-hybridized carbons (Fsp3) is 0.400. The molecule has 1 aromatic heterocycles. The Hall–Kier alpha value is -1.23. The molecule has 0 bridgehead atoms. The van der Waals surface area contributed by atoms with Crippen LogP contribution in [0.25, 0.3) is 0 Å². The fourth-order valence-corrected chi connectivity index (χ4v) is 1.98. The van der Waals surface area contributed by atoms with Crippen molar-refractivity contribution in [1.82, 2.24) is 4.98 Å². The van der Waals surface area contributed by atoms with E-state index in [0.717, 1.165) is 5.56 Å². The largest absolute Gasteiger partial charge is 0.396 e. The van der Waals surface area contributed by atoms with Gasteiger partial charge in [0.2, 0.25) is 5.91 Å². The summed E-state index contributed by atoms with van der Waals surface area (Å²) in [4.78, 5) is 17.4. The second-order valence-corrected chi connectivity index (χ2v) is 4.46. The number of carbonyl (C=O) groups is 1. The van der Waals surface area contributed by atoms with Crippen molar-refractivity contribution in [3.8, 4) is 0 Å². The lowest BCUT2D eigenvalue weighted by molar-refractivity contribution is -0.117. The van der Waals surface area contributed by atoms with Crippen molar-refractivity contribution in [2.75, 3.05) is 17.2 Å². The van der Waals surface area contributed by atoms with Gasteiger partial charge in [0, 0.05) is 24.4 Å². The van der Waals surface area contributed by atoms with Crippen molar-refractivity contribution in [1.29, 1.82) is 0 Å². The van der Waals surface area contributed by atoms with Gasteiger partial charge in [0.15, 0.2) is 5.82 Å². The third-order valence-corrected chi connectivity index (χ3v) is 2.89. The maximum atomic E-state index is 11.6. The molecule has 15 heavy (non-hydrogen) atoms. The molecule has 2 heterocycles. The van der Waals surface area contributed by atoms with E-state index >= 15 is 0 Å². The Kier molecular flexibility index (Phi) is 2.56. The first-order valence-corrected chi connectivity index (χ1v) is 5.30. The van der Waals surface area contributed by atoms with Crippen LogP contribution < -0.4 is 10.6 Å². The minimum Gasteiger partial charge on any atom is -0.396 e. The number of aryl methyl sites for hydroxylation is 1. The number of aromatic nitrogens is 1. The number of thiol groups is 1. The highest BCUT2D eigenvalue weighted by Crippen LogP contribution is 2.28. The van der Waals surface area contributed by atoms with Gasteiger partial charge in [-0.25, -0.2) is 4.98 Å². The summed E-state index contributed by atoms with van der Waals surface area (Å²) in [7, 11) is 0. The number of amides is 1. The summed E-state index contributed by atoms with van der Waals surface area (Å²) < 4.78 is 0. The highest BCUT2D eigenvalue weighted by Gasteiger charge is 2.30. The first-order valence-electron chi connectivity index (χ1n) is 4.79. The number of nitrogens with two attached hydrogens (primary N) is 1. The Morgan fingerprint density at radius 3 is 3.00 bits per heavy atom. The quantitative estimate of drug-likeness (QED) is 0.698. The molecule has 0 aromatic carbocycles. The molecule has 0 radical (unpaired) electrons. The van der Waals surface area contributed by atoms with E-state index < -0.39 is 0 Å². The average molecular weight is 223 g/mol. The van der Waals surface area contributed by atoms with Crippen LogP contribution in [0.15, 0.2) is 12.3 Å². The molecule has 5 heteroatoms. The Morgan fingerprint density at radius 1 is 1.67 bits per heavy atom. The molecular formula is C10H13N3OS. The Morgan fingerprint density at radius 2 is 2.40 bits per heavy atom. The summed E-state index contributed by atoms with van der Waals surface area (Å²) in [5, 5.41) is 0.0826. The highest BCUT2D eigenvalue weighted by atomic mass is 32.1. The first-order chi connectivity index (χ1) is 7.09. The van der Waals surface area contributed by atoms with E-state index in [9.17, 15) is 4.79 Å². The summed E-state index contributed by atoms with van der Waals surface area (Å²) in [5.41, 5.74) is 7.41. The maximum absolute atomic E-state index is 11.6. The molecule has 2 rings (SSSR count). The number of pyridine rings is 1. The van der Waals surface area contributed by atoms with E-state index in [1.54, 1.807) is 11.1 Å². The lowest BCUT2D eigenvalue weighted by atomic mass is 10.2. The maximum Gasteiger partial charge on any atom is 0.229 e. The minimum atomic E-state index is 0.0415. The molecule has 1 atom stereocenters. The molecule has 1 fully saturated rings. The zero-order valence-corrected chi connectivity index (χ0v) is 9.37. The number of hydrogen-bond acceptors (Lipinski definition) is 4. The van der Waals surface area contributed by atoms with E-state index in [1.807, 2.05) is 13.0 Å². The zero-order chi connectivity index (χ0) is 11.0. The monoisotopic (exact) mass is 223 g/mol. The topological polar surface area (TPSA) is 59.2 Å². The highest BCUT2D eigenvalue weighted by molar-refractivity contribution is 7.81. The fourth-order valence-electron chi connectivity index (χ4n) is 1.66. The van der Waals surface area contributed by atoms with Crippen molar-refractivity contribution in [2.24, 2.45) is 0 Å². The Balaban J connectivity index is 2.38. The van der Waals surface area contributed by atoms with Crippen LogP contribution in [0, 0.1) is 6.92 Å². The summed E-state index contributed by atoms with van der Waals surface area (Å²) in [5.74, 6) is 0.608. The number of hydrogen-bond donors (Lipinski definition) is 2. The number of nitrogen functional groups attached to an aromatic ring is 1. The van der Waals surface area contributed by atoms with Gasteiger partial charge in [-0.15, -0.1) is 0 Å². The van der Waals surface area contributed by atoms with Gasteiger partial charge in [-0.05, 0) is 18.6 Å². The second-order valence-electron chi connectivity index (χ2n) is 3.73. The molecule has 1 aliphatic rings. The zero-order valence-electron chi connectivity index (χ0n) is 8.47. The van der Waals surface area contributed by atoms with E-state index in [1.165, 1.54) is 0 Å². The van der Waals surface area contributed by atoms with E-state index in [4.69, 9.17) is 5.73 Å². The summed E-state index contributed by atoms with van der Waals surface area (Å²) in [6.07, 6.45) is 2.12. The Labute approximate surface area is 93.9 Å². The third-order valence-electron chi connectivity index (χ3n) is 2.55. The summed E-state index contributed by atoms with van der Waals surface area (Å²) in [6.45, 7) is 2.49. The molecule has 0 aliphatic carbocycles. The second kappa shape index (κ2) is 3.73. The number of anilines is 2. The molecule has 1 saturated heterocycles. The molecule has 0 saturated carbocycles. The summed E-state index contributed by atoms with van der Waals surface area (Å²) >= 11 is 4.29. The molecule has 1 amide bonds. The average Bonchev–Trinajstić information content (AvgIpc) is 2.50. The van der Waals surface area contributed by atoms with E-state index in [2.05, 4.69) is 17.6 Å². The van der Waals surface area contributed by atoms with Crippen molar-refractivity contribution in [2.45, 2.75) is 18.6 Å². The molecule has 80 valence electrons. The molecule has 2 N–H and O–H groups in total. The van der Waals surface area contributed by atoms with Gasteiger partial charge in [-0.2, -0.15) is 12.6 Å². The predicted molar refractivity (Wildman–Crippen MR) is 63.1 cm³/mol. The van der Waals surface area contributed by atoms with Crippen LogP contribution in [-0.2, 0) is 4.79 Å². The SMILES string of the molecule is Cc1ccnc(N2CC(S)CC2=O)c1N. The van der Waals surface area contributed by atoms with Gasteiger partial charge in [0.05, 0.1) is 5.69 Å². The molecule has 1 aliphatic heterocycles. The van der Waals surface area contributed by atoms with Gasteiger partial charge in [-0.1, -0.05) is 0 Å². The number of carbonyl (C=O) groups excluding carboxylic acids is 1. The molecular weight excluding hydrogens is 210 g/mol. The molecule has 1 aromatic rings. The number of nitrogens with zero attached hydrogens (tertiary/aromatic N) is 2. The van der Waals surface area contributed by atoms with E-state index in [0.29, 0.717) is 24.5 Å². The van der Waals surface area contributed by atoms with Crippen LogP contribution >= 0.6 is 12.6 Å². The normalized spacial score (nSPS) is 21.1. The van der Waals surface area contributed by atoms with Crippen molar-refractivity contribution in [3.05, 3.63) is 17.8 Å². The van der Waals surface area contributed by atoms with Gasteiger partial charge in [0.25, 0.3) is 0 Å². The molecule has 4 nitrogen and oxygen atoms in total. The number of rotatable bonds is 1. The van der Waals surface area contributed by atoms with Crippen LogP contribution in [0.3, 0.4) is 0 Å². The molecule has 0 spiro atoms. The third kappa shape index (κ3) is 1.79. The van der Waals surface area contributed by atoms with Crippen LogP contribution in [0.4, 0.5) is 11.5 Å². The lowest BCUT2D eigenvalue weighted by Gasteiger charge is -2.17. The minimum absolute atomic E-state index is 0.0415. The first kappa shape index (κ1) is 10.3. The predicted octanol–water partition coefficient (Wildman–Crippen LogP) is 1.01. The lowest BCUT2D eigenvalue weighted by Crippen LogP contribution is -2.26.